The fourth-order valence-corrected chi connectivity index (χ4v) is 4.90. The molecule has 0 aliphatic heterocycles. The second kappa shape index (κ2) is 14.5. The Morgan fingerprint density at radius 1 is 0.930 bits per heavy atom. The van der Waals surface area contributed by atoms with Gasteiger partial charge >= 0.3 is 11.9 Å². The van der Waals surface area contributed by atoms with Gasteiger partial charge in [0.05, 0.1) is 10.5 Å². The smallest absolute Gasteiger partial charge is 0.323 e. The van der Waals surface area contributed by atoms with Crippen LogP contribution in [0.15, 0.2) is 66.7 Å². The number of aryl methyl sites for hydroxylation is 1. The SMILES string of the molecule is Cc1c(CCCC(=O)O)c2c(F)ccc(C=Cc3ccc(OCC=CCOc4cc(F)ccc4Cl)cc3)c2n1CC(=O)O. The summed E-state index contributed by atoms with van der Waals surface area (Å²) in [4.78, 5) is 22.7. The van der Waals surface area contributed by atoms with Gasteiger partial charge in [-0.2, -0.15) is 0 Å². The molecule has 7 nitrogen and oxygen atoms in total. The monoisotopic (exact) mass is 609 g/mol. The van der Waals surface area contributed by atoms with E-state index in [4.69, 9.17) is 26.2 Å². The molecule has 0 amide bonds. The molecule has 0 aliphatic carbocycles. The lowest BCUT2D eigenvalue weighted by atomic mass is 10.0. The average Bonchev–Trinajstić information content (AvgIpc) is 3.24. The highest BCUT2D eigenvalue weighted by Crippen LogP contribution is 2.33. The zero-order valence-electron chi connectivity index (χ0n) is 23.4. The van der Waals surface area contributed by atoms with E-state index in [1.165, 1.54) is 24.3 Å². The summed E-state index contributed by atoms with van der Waals surface area (Å²) in [5, 5.41) is 19.2. The van der Waals surface area contributed by atoms with Gasteiger partial charge in [0.1, 0.15) is 42.9 Å². The highest BCUT2D eigenvalue weighted by molar-refractivity contribution is 6.32. The number of carbonyl (C=O) groups is 2. The first-order chi connectivity index (χ1) is 20.6. The molecule has 4 rings (SSSR count). The molecule has 2 N–H and O–H groups in total. The first-order valence-electron chi connectivity index (χ1n) is 13.5. The van der Waals surface area contributed by atoms with Crippen LogP contribution in [0.4, 0.5) is 8.78 Å². The molecule has 0 aliphatic rings. The van der Waals surface area contributed by atoms with Crippen molar-refractivity contribution in [1.82, 2.24) is 4.57 Å². The van der Waals surface area contributed by atoms with Gasteiger partial charge in [-0.3, -0.25) is 9.59 Å². The van der Waals surface area contributed by atoms with Gasteiger partial charge in [-0.25, -0.2) is 8.78 Å². The molecule has 0 saturated carbocycles. The predicted molar refractivity (Wildman–Crippen MR) is 162 cm³/mol. The summed E-state index contributed by atoms with van der Waals surface area (Å²) in [6, 6.07) is 14.2. The summed E-state index contributed by atoms with van der Waals surface area (Å²) in [6.07, 6.45) is 7.70. The maximum Gasteiger partial charge on any atom is 0.323 e. The van der Waals surface area contributed by atoms with E-state index < -0.39 is 23.6 Å². The normalized spacial score (nSPS) is 11.5. The van der Waals surface area contributed by atoms with Crippen molar-refractivity contribution >= 4 is 46.6 Å². The lowest BCUT2D eigenvalue weighted by molar-refractivity contribution is -0.138. The van der Waals surface area contributed by atoms with Crippen LogP contribution in [0.1, 0.15) is 35.2 Å². The van der Waals surface area contributed by atoms with Crippen molar-refractivity contribution in [2.75, 3.05) is 13.2 Å². The quantitative estimate of drug-likeness (QED) is 0.113. The number of rotatable bonds is 14. The number of benzene rings is 3. The molecule has 3 aromatic carbocycles. The first-order valence-corrected chi connectivity index (χ1v) is 13.9. The Hall–Kier alpha value is -4.63. The van der Waals surface area contributed by atoms with Crippen molar-refractivity contribution in [3.05, 3.63) is 106 Å². The summed E-state index contributed by atoms with van der Waals surface area (Å²) in [5.74, 6) is -2.02. The number of aromatic nitrogens is 1. The number of hydrogen-bond acceptors (Lipinski definition) is 4. The minimum atomic E-state index is -1.06. The van der Waals surface area contributed by atoms with E-state index in [1.54, 1.807) is 47.9 Å². The van der Waals surface area contributed by atoms with Crippen LogP contribution in [-0.4, -0.2) is 39.9 Å². The van der Waals surface area contributed by atoms with Gasteiger partial charge in [-0.1, -0.05) is 35.9 Å². The Bertz CT molecular complexity index is 1680. The van der Waals surface area contributed by atoms with E-state index in [1.807, 2.05) is 18.2 Å². The third kappa shape index (κ3) is 8.23. The van der Waals surface area contributed by atoms with Gasteiger partial charge in [0, 0.05) is 23.6 Å². The first kappa shape index (κ1) is 31.3. The lowest BCUT2D eigenvalue weighted by Gasteiger charge is -2.08. The van der Waals surface area contributed by atoms with E-state index in [9.17, 15) is 19.1 Å². The van der Waals surface area contributed by atoms with Gasteiger partial charge in [0.15, 0.2) is 0 Å². The molecule has 0 atom stereocenters. The number of hydrogen-bond donors (Lipinski definition) is 2. The van der Waals surface area contributed by atoms with E-state index in [0.717, 1.165) is 5.56 Å². The molecular formula is C33H30ClF2NO6. The average molecular weight is 610 g/mol. The zero-order chi connectivity index (χ0) is 30.9. The lowest BCUT2D eigenvalue weighted by Crippen LogP contribution is -2.10. The van der Waals surface area contributed by atoms with Gasteiger partial charge < -0.3 is 24.3 Å². The van der Waals surface area contributed by atoms with Crippen LogP contribution >= 0.6 is 11.6 Å². The second-order valence-corrected chi connectivity index (χ2v) is 10.1. The van der Waals surface area contributed by atoms with Gasteiger partial charge in [-0.05, 0) is 85.0 Å². The Morgan fingerprint density at radius 3 is 2.35 bits per heavy atom. The molecule has 10 heteroatoms. The summed E-state index contributed by atoms with van der Waals surface area (Å²) < 4.78 is 41.1. The van der Waals surface area contributed by atoms with E-state index in [0.29, 0.717) is 51.3 Å². The van der Waals surface area contributed by atoms with Crippen molar-refractivity contribution in [2.24, 2.45) is 0 Å². The van der Waals surface area contributed by atoms with Crippen LogP contribution < -0.4 is 9.47 Å². The molecular weight excluding hydrogens is 580 g/mol. The molecule has 0 saturated heterocycles. The molecule has 0 fully saturated rings. The molecule has 0 radical (unpaired) electrons. The van der Waals surface area contributed by atoms with Gasteiger partial charge in [0.2, 0.25) is 0 Å². The van der Waals surface area contributed by atoms with Crippen LogP contribution in [0.3, 0.4) is 0 Å². The van der Waals surface area contributed by atoms with Crippen LogP contribution in [-0.2, 0) is 22.6 Å². The summed E-state index contributed by atoms with van der Waals surface area (Å²) in [5.41, 5.74) is 3.15. The maximum atomic E-state index is 15.1. The van der Waals surface area contributed by atoms with Gasteiger partial charge in [-0.15, -0.1) is 0 Å². The topological polar surface area (TPSA) is 98.0 Å². The van der Waals surface area contributed by atoms with Crippen LogP contribution in [0.25, 0.3) is 23.1 Å². The number of fused-ring (bicyclic) bond motifs is 1. The summed E-state index contributed by atoms with van der Waals surface area (Å²) in [7, 11) is 0. The molecule has 0 spiro atoms. The predicted octanol–water partition coefficient (Wildman–Crippen LogP) is 7.56. The maximum absolute atomic E-state index is 15.1. The molecule has 0 unspecified atom stereocenters. The third-order valence-corrected chi connectivity index (χ3v) is 7.07. The second-order valence-electron chi connectivity index (χ2n) is 9.72. The van der Waals surface area contributed by atoms with E-state index in [2.05, 4.69) is 0 Å². The zero-order valence-corrected chi connectivity index (χ0v) is 24.1. The Kier molecular flexibility index (Phi) is 10.6. The molecule has 4 aromatic rings. The summed E-state index contributed by atoms with van der Waals surface area (Å²) >= 11 is 5.98. The van der Waals surface area contributed by atoms with Crippen molar-refractivity contribution in [3.8, 4) is 11.5 Å². The fraction of sp³-hybridized carbons (Fsp3) is 0.212. The molecule has 43 heavy (non-hydrogen) atoms. The highest BCUT2D eigenvalue weighted by Gasteiger charge is 2.21. The van der Waals surface area contributed by atoms with Crippen molar-refractivity contribution in [2.45, 2.75) is 32.7 Å². The van der Waals surface area contributed by atoms with E-state index in [-0.39, 0.29) is 31.9 Å². The number of carboxylic acids is 2. The van der Waals surface area contributed by atoms with Crippen LogP contribution in [0.5, 0.6) is 11.5 Å². The Balaban J connectivity index is 1.44. The molecule has 1 aromatic heterocycles. The molecule has 1 heterocycles. The number of halogens is 3. The standard InChI is InChI=1S/C33H30ClF2NO6/c1-21-26(5-4-6-30(38)39)32-28(36)16-11-23(33(32)37(21)20-31(40)41)10-7-22-8-13-25(14-9-22)42-17-2-3-18-43-29-19-24(35)12-15-27(29)34/h2-3,7-16,19H,4-6,17-18,20H2,1H3,(H,38,39)(H,40,41). The number of nitrogens with zero attached hydrogens (tertiary/aromatic N) is 1. The van der Waals surface area contributed by atoms with E-state index >= 15 is 4.39 Å². The third-order valence-electron chi connectivity index (χ3n) is 6.76. The number of carboxylic acid groups (broad SMARTS) is 2. The van der Waals surface area contributed by atoms with Crippen molar-refractivity contribution in [1.29, 1.82) is 0 Å². The largest absolute Gasteiger partial charge is 0.490 e. The summed E-state index contributed by atoms with van der Waals surface area (Å²) in [6.45, 7) is 1.87. The minimum absolute atomic E-state index is 0.0669. The molecule has 224 valence electrons. The number of ether oxygens (including phenoxy) is 2. The van der Waals surface area contributed by atoms with Crippen LogP contribution in [0, 0.1) is 18.6 Å². The minimum Gasteiger partial charge on any atom is -0.490 e. The van der Waals surface area contributed by atoms with Crippen molar-refractivity contribution < 1.29 is 38.1 Å². The molecule has 0 bridgehead atoms. The Labute approximate surface area is 252 Å². The van der Waals surface area contributed by atoms with Gasteiger partial charge in [0.25, 0.3) is 0 Å². The number of aliphatic carboxylic acids is 2. The van der Waals surface area contributed by atoms with Crippen molar-refractivity contribution in [3.63, 3.8) is 0 Å². The van der Waals surface area contributed by atoms with Crippen LogP contribution in [0.2, 0.25) is 5.02 Å². The fourth-order valence-electron chi connectivity index (χ4n) is 4.73. The Morgan fingerprint density at radius 2 is 1.65 bits per heavy atom. The highest BCUT2D eigenvalue weighted by atomic mass is 35.5.